The Kier molecular flexibility index (Phi) is 6.42. The lowest BCUT2D eigenvalue weighted by Crippen LogP contribution is -2.46. The van der Waals surface area contributed by atoms with Gasteiger partial charge in [0.1, 0.15) is 18.5 Å². The molecule has 0 radical (unpaired) electrons. The summed E-state index contributed by atoms with van der Waals surface area (Å²) in [7, 11) is 0. The minimum atomic E-state index is -1.30. The Hall–Kier alpha value is -3.23. The van der Waals surface area contributed by atoms with E-state index in [1.165, 1.54) is 24.3 Å². The molecule has 1 fully saturated rings. The first kappa shape index (κ1) is 19.1. The van der Waals surface area contributed by atoms with Crippen LogP contribution in [0.2, 0.25) is 0 Å². The van der Waals surface area contributed by atoms with Crippen molar-refractivity contribution in [2.75, 3.05) is 6.61 Å². The van der Waals surface area contributed by atoms with Crippen molar-refractivity contribution in [1.82, 2.24) is 10.4 Å². The van der Waals surface area contributed by atoms with Gasteiger partial charge in [-0.3, -0.25) is 9.59 Å². The Balaban J connectivity index is 2.11. The summed E-state index contributed by atoms with van der Waals surface area (Å²) in [5.41, 5.74) is 0.398. The van der Waals surface area contributed by atoms with Gasteiger partial charge in [-0.2, -0.15) is 0 Å². The lowest BCUT2D eigenvalue weighted by molar-refractivity contribution is -0.198. The second-order valence-electron chi connectivity index (χ2n) is 5.41. The average Bonchev–Trinajstić information content (AvgIpc) is 2.91. The number of alkyl carbamates (subject to hydrolysis) is 1. The van der Waals surface area contributed by atoms with Crippen LogP contribution in [0.25, 0.3) is 0 Å². The van der Waals surface area contributed by atoms with Gasteiger partial charge in [0.15, 0.2) is 0 Å². The average molecular weight is 364 g/mol. The van der Waals surface area contributed by atoms with Gasteiger partial charge in [0.2, 0.25) is 0 Å². The Morgan fingerprint density at radius 3 is 2.62 bits per heavy atom. The van der Waals surface area contributed by atoms with Crippen molar-refractivity contribution in [2.45, 2.75) is 25.3 Å². The number of hydrogen-bond donors (Lipinski definition) is 1. The number of nitrogens with one attached hydrogen (secondary N) is 1. The first-order valence-corrected chi connectivity index (χ1v) is 7.77. The standard InChI is InChI=1S/C17H17FN2O6/c1-2-8-25-17(24)19-13(10-11-4-3-5-12(18)9-11)16(23)26-20-14(21)6-7-15(20)22/h2-5,9,13H,1,6-8,10H2,(H,19,24)/t13-/m1/s1. The van der Waals surface area contributed by atoms with Gasteiger partial charge in [0.25, 0.3) is 11.8 Å². The third kappa shape index (κ3) is 5.13. The van der Waals surface area contributed by atoms with Gasteiger partial charge in [0, 0.05) is 19.3 Å². The molecule has 0 aliphatic carbocycles. The van der Waals surface area contributed by atoms with Crippen LogP contribution in [0.15, 0.2) is 36.9 Å². The molecule has 1 saturated heterocycles. The van der Waals surface area contributed by atoms with E-state index in [1.807, 2.05) is 0 Å². The summed E-state index contributed by atoms with van der Waals surface area (Å²) in [5, 5.41) is 2.64. The van der Waals surface area contributed by atoms with E-state index in [9.17, 15) is 23.6 Å². The van der Waals surface area contributed by atoms with Gasteiger partial charge in [-0.15, -0.1) is 5.06 Å². The van der Waals surface area contributed by atoms with Crippen LogP contribution in [-0.2, 0) is 30.4 Å². The van der Waals surface area contributed by atoms with E-state index in [0.29, 0.717) is 10.6 Å². The maximum absolute atomic E-state index is 13.3. The minimum Gasteiger partial charge on any atom is -0.445 e. The highest BCUT2D eigenvalue weighted by Gasteiger charge is 2.35. The highest BCUT2D eigenvalue weighted by molar-refractivity contribution is 6.01. The molecule has 138 valence electrons. The van der Waals surface area contributed by atoms with Crippen molar-refractivity contribution in [2.24, 2.45) is 0 Å². The second kappa shape index (κ2) is 8.75. The molecule has 1 aromatic carbocycles. The summed E-state index contributed by atoms with van der Waals surface area (Å²) in [4.78, 5) is 52.0. The molecule has 1 N–H and O–H groups in total. The molecule has 3 amide bonds. The van der Waals surface area contributed by atoms with Gasteiger partial charge in [-0.25, -0.2) is 14.0 Å². The quantitative estimate of drug-likeness (QED) is 0.577. The lowest BCUT2D eigenvalue weighted by Gasteiger charge is -2.20. The van der Waals surface area contributed by atoms with E-state index in [1.54, 1.807) is 6.07 Å². The zero-order valence-electron chi connectivity index (χ0n) is 13.8. The van der Waals surface area contributed by atoms with Crippen molar-refractivity contribution < 1.29 is 33.1 Å². The number of carbonyl (C=O) groups excluding carboxylic acids is 4. The van der Waals surface area contributed by atoms with Gasteiger partial charge in [-0.05, 0) is 17.7 Å². The fourth-order valence-electron chi connectivity index (χ4n) is 2.22. The molecule has 0 bridgehead atoms. The normalized spacial score (nSPS) is 14.7. The van der Waals surface area contributed by atoms with Crippen LogP contribution >= 0.6 is 0 Å². The molecule has 0 unspecified atom stereocenters. The van der Waals surface area contributed by atoms with Crippen LogP contribution < -0.4 is 5.32 Å². The second-order valence-corrected chi connectivity index (χ2v) is 5.41. The van der Waals surface area contributed by atoms with E-state index < -0.39 is 35.7 Å². The number of halogens is 1. The highest BCUT2D eigenvalue weighted by Crippen LogP contribution is 2.14. The largest absolute Gasteiger partial charge is 0.445 e. The lowest BCUT2D eigenvalue weighted by atomic mass is 10.1. The van der Waals surface area contributed by atoms with Crippen LogP contribution in [-0.4, -0.2) is 41.6 Å². The maximum Gasteiger partial charge on any atom is 0.408 e. The fraction of sp³-hybridized carbons (Fsp3) is 0.294. The molecule has 9 heteroatoms. The van der Waals surface area contributed by atoms with Gasteiger partial charge >= 0.3 is 12.1 Å². The predicted molar refractivity (Wildman–Crippen MR) is 85.8 cm³/mol. The molecule has 1 atom stereocenters. The molecule has 8 nitrogen and oxygen atoms in total. The predicted octanol–water partition coefficient (Wildman–Crippen LogP) is 1.26. The van der Waals surface area contributed by atoms with Gasteiger partial charge in [-0.1, -0.05) is 24.8 Å². The topological polar surface area (TPSA) is 102 Å². The summed E-state index contributed by atoms with van der Waals surface area (Å²) in [6, 6.07) is 4.10. The minimum absolute atomic E-state index is 0.0600. The first-order valence-electron chi connectivity index (χ1n) is 7.77. The van der Waals surface area contributed by atoms with Crippen molar-refractivity contribution in [3.05, 3.63) is 48.3 Å². The third-order valence-corrected chi connectivity index (χ3v) is 3.42. The highest BCUT2D eigenvalue weighted by atomic mass is 19.1. The molecule has 26 heavy (non-hydrogen) atoms. The fourth-order valence-corrected chi connectivity index (χ4v) is 2.22. The molecule has 1 heterocycles. The molecular weight excluding hydrogens is 347 g/mol. The van der Waals surface area contributed by atoms with E-state index >= 15 is 0 Å². The molecule has 0 saturated carbocycles. The zero-order valence-corrected chi connectivity index (χ0v) is 13.8. The number of carbonyl (C=O) groups is 4. The SMILES string of the molecule is C=CCOC(=O)N[C@H](Cc1cccc(F)c1)C(=O)ON1C(=O)CCC1=O. The molecule has 0 spiro atoms. The number of nitrogens with zero attached hydrogens (tertiary/aromatic N) is 1. The number of ether oxygens (including phenoxy) is 1. The number of imide groups is 1. The number of hydrogen-bond acceptors (Lipinski definition) is 6. The third-order valence-electron chi connectivity index (χ3n) is 3.42. The van der Waals surface area contributed by atoms with E-state index in [-0.39, 0.29) is 25.9 Å². The maximum atomic E-state index is 13.3. The molecule has 0 aromatic heterocycles. The van der Waals surface area contributed by atoms with E-state index in [4.69, 9.17) is 9.57 Å². The monoisotopic (exact) mass is 364 g/mol. The number of hydroxylamine groups is 2. The van der Waals surface area contributed by atoms with Crippen LogP contribution in [0.4, 0.5) is 9.18 Å². The molecule has 1 aliphatic rings. The summed E-state index contributed by atoms with van der Waals surface area (Å²) >= 11 is 0. The Morgan fingerprint density at radius 1 is 1.31 bits per heavy atom. The van der Waals surface area contributed by atoms with E-state index in [0.717, 1.165) is 0 Å². The van der Waals surface area contributed by atoms with Crippen LogP contribution in [0.3, 0.4) is 0 Å². The molecule has 1 aromatic rings. The number of rotatable bonds is 7. The van der Waals surface area contributed by atoms with Gasteiger partial charge in [0.05, 0.1) is 0 Å². The van der Waals surface area contributed by atoms with Crippen molar-refractivity contribution in [1.29, 1.82) is 0 Å². The van der Waals surface area contributed by atoms with Gasteiger partial charge < -0.3 is 14.9 Å². The smallest absolute Gasteiger partial charge is 0.408 e. The van der Waals surface area contributed by atoms with Crippen LogP contribution in [0, 0.1) is 5.82 Å². The summed E-state index contributed by atoms with van der Waals surface area (Å²) in [6.07, 6.45) is 0.157. The van der Waals surface area contributed by atoms with Crippen LogP contribution in [0.5, 0.6) is 0 Å². The summed E-state index contributed by atoms with van der Waals surface area (Å²) in [6.45, 7) is 3.30. The summed E-state index contributed by atoms with van der Waals surface area (Å²) < 4.78 is 18.1. The van der Waals surface area contributed by atoms with Crippen molar-refractivity contribution in [3.63, 3.8) is 0 Å². The Bertz CT molecular complexity index is 720. The summed E-state index contributed by atoms with van der Waals surface area (Å²) in [5.74, 6) is -2.87. The first-order chi connectivity index (χ1) is 12.4. The van der Waals surface area contributed by atoms with Crippen molar-refractivity contribution >= 4 is 23.9 Å². The number of amides is 3. The number of benzene rings is 1. The molecular formula is C17H17FN2O6. The Morgan fingerprint density at radius 2 is 2.00 bits per heavy atom. The van der Waals surface area contributed by atoms with Crippen LogP contribution in [0.1, 0.15) is 18.4 Å². The van der Waals surface area contributed by atoms with Crippen molar-refractivity contribution in [3.8, 4) is 0 Å². The Labute approximate surface area is 148 Å². The molecule has 1 aliphatic heterocycles. The zero-order chi connectivity index (χ0) is 19.1. The molecule has 2 rings (SSSR count). The van der Waals surface area contributed by atoms with E-state index in [2.05, 4.69) is 11.9 Å².